The number of allylic oxidation sites excluding steroid dienone is 2. The molecule has 1 aliphatic heterocycles. The zero-order chi connectivity index (χ0) is 15.0. The molecule has 1 N–H and O–H groups in total. The van der Waals surface area contributed by atoms with Crippen LogP contribution in [0.15, 0.2) is 36.4 Å². The summed E-state index contributed by atoms with van der Waals surface area (Å²) in [4.78, 5) is 36.9. The van der Waals surface area contributed by atoms with Crippen molar-refractivity contribution in [3.8, 4) is 0 Å². The number of rotatable bonds is 3. The molecule has 0 bridgehead atoms. The van der Waals surface area contributed by atoms with Crippen LogP contribution in [0.3, 0.4) is 0 Å². The number of benzene rings is 1. The maximum absolute atomic E-state index is 12.3. The molecule has 1 saturated heterocycles. The molecule has 3 rings (SSSR count). The number of fused-ring (bicyclic) bond motifs is 1. The van der Waals surface area contributed by atoms with Crippen LogP contribution in [0.5, 0.6) is 0 Å². The van der Waals surface area contributed by atoms with Gasteiger partial charge in [0, 0.05) is 0 Å². The number of carbonyl (C=O) groups excluding carboxylic acids is 2. The van der Waals surface area contributed by atoms with Crippen LogP contribution in [0.2, 0.25) is 0 Å². The first-order chi connectivity index (χ1) is 10.1. The lowest BCUT2D eigenvalue weighted by Gasteiger charge is -2.15. The number of imide groups is 1. The van der Waals surface area contributed by atoms with Crippen molar-refractivity contribution < 1.29 is 19.5 Å². The van der Waals surface area contributed by atoms with E-state index in [1.165, 1.54) is 17.0 Å². The van der Waals surface area contributed by atoms with Crippen LogP contribution in [-0.4, -0.2) is 27.8 Å². The summed E-state index contributed by atoms with van der Waals surface area (Å²) >= 11 is 0. The fourth-order valence-electron chi connectivity index (χ4n) is 3.01. The van der Waals surface area contributed by atoms with Crippen molar-refractivity contribution in [1.29, 1.82) is 0 Å². The van der Waals surface area contributed by atoms with Crippen LogP contribution >= 0.6 is 0 Å². The first kappa shape index (κ1) is 13.5. The molecule has 21 heavy (non-hydrogen) atoms. The fraction of sp³-hybridized carbons (Fsp3) is 0.312. The molecule has 5 nitrogen and oxygen atoms in total. The maximum atomic E-state index is 12.3. The summed E-state index contributed by atoms with van der Waals surface area (Å²) in [6, 6.07) is 6.35. The van der Waals surface area contributed by atoms with E-state index in [1.54, 1.807) is 12.1 Å². The monoisotopic (exact) mass is 285 g/mol. The predicted molar refractivity (Wildman–Crippen MR) is 74.3 cm³/mol. The Labute approximate surface area is 121 Å². The lowest BCUT2D eigenvalue weighted by Crippen LogP contribution is -2.30. The van der Waals surface area contributed by atoms with Crippen molar-refractivity contribution in [2.75, 3.05) is 0 Å². The zero-order valence-electron chi connectivity index (χ0n) is 11.4. The van der Waals surface area contributed by atoms with Gasteiger partial charge in [0.2, 0.25) is 11.8 Å². The van der Waals surface area contributed by atoms with Gasteiger partial charge in [0.25, 0.3) is 0 Å². The molecule has 1 aromatic rings. The van der Waals surface area contributed by atoms with Crippen molar-refractivity contribution >= 4 is 17.8 Å². The van der Waals surface area contributed by atoms with Gasteiger partial charge in [-0.2, -0.15) is 0 Å². The molecule has 0 radical (unpaired) electrons. The van der Waals surface area contributed by atoms with E-state index in [0.29, 0.717) is 18.4 Å². The highest BCUT2D eigenvalue weighted by molar-refractivity contribution is 6.05. The maximum Gasteiger partial charge on any atom is 0.335 e. The topological polar surface area (TPSA) is 74.7 Å². The number of nitrogens with zero attached hydrogens (tertiary/aromatic N) is 1. The Morgan fingerprint density at radius 3 is 2.33 bits per heavy atom. The van der Waals surface area contributed by atoms with E-state index in [2.05, 4.69) is 0 Å². The average molecular weight is 285 g/mol. The number of likely N-dealkylation sites (tertiary alicyclic amines) is 1. The van der Waals surface area contributed by atoms with Crippen LogP contribution in [0, 0.1) is 11.8 Å². The van der Waals surface area contributed by atoms with E-state index in [9.17, 15) is 14.4 Å². The van der Waals surface area contributed by atoms with E-state index in [0.717, 1.165) is 0 Å². The summed E-state index contributed by atoms with van der Waals surface area (Å²) < 4.78 is 0. The lowest BCUT2D eigenvalue weighted by molar-refractivity contribution is -0.140. The summed E-state index contributed by atoms with van der Waals surface area (Å²) in [5, 5.41) is 8.99. The molecule has 108 valence electrons. The molecule has 2 aliphatic rings. The number of aromatic carboxylic acids is 1. The first-order valence-corrected chi connectivity index (χ1v) is 6.90. The number of hydrogen-bond acceptors (Lipinski definition) is 3. The van der Waals surface area contributed by atoms with Crippen molar-refractivity contribution in [3.63, 3.8) is 0 Å². The number of hydrogen-bond donors (Lipinski definition) is 1. The van der Waals surface area contributed by atoms with Gasteiger partial charge in [-0.05, 0) is 30.5 Å². The van der Waals surface area contributed by atoms with E-state index in [4.69, 9.17) is 5.11 Å². The summed E-state index contributed by atoms with van der Waals surface area (Å²) in [6.07, 6.45) is 5.11. The molecule has 5 heteroatoms. The molecule has 0 unspecified atom stereocenters. The van der Waals surface area contributed by atoms with E-state index >= 15 is 0 Å². The summed E-state index contributed by atoms with van der Waals surface area (Å²) in [5.41, 5.74) is 0.814. The highest BCUT2D eigenvalue weighted by Gasteiger charge is 2.46. The first-order valence-electron chi connectivity index (χ1n) is 6.90. The second-order valence-electron chi connectivity index (χ2n) is 5.42. The smallest absolute Gasteiger partial charge is 0.335 e. The minimum Gasteiger partial charge on any atom is -0.478 e. The van der Waals surface area contributed by atoms with Crippen LogP contribution < -0.4 is 0 Å². The Hall–Kier alpha value is -2.43. The molecule has 1 fully saturated rings. The molecule has 2 amide bonds. The number of carboxylic acid groups (broad SMARTS) is 1. The second-order valence-corrected chi connectivity index (χ2v) is 5.42. The minimum atomic E-state index is -1.02. The van der Waals surface area contributed by atoms with Gasteiger partial charge in [0.05, 0.1) is 23.9 Å². The van der Waals surface area contributed by atoms with E-state index < -0.39 is 5.97 Å². The summed E-state index contributed by atoms with van der Waals surface area (Å²) in [6.45, 7) is 0.145. The van der Waals surface area contributed by atoms with Crippen molar-refractivity contribution in [3.05, 3.63) is 47.5 Å². The van der Waals surface area contributed by atoms with Crippen LogP contribution in [0.4, 0.5) is 0 Å². The Kier molecular flexibility index (Phi) is 3.33. The van der Waals surface area contributed by atoms with E-state index in [-0.39, 0.29) is 35.8 Å². The van der Waals surface area contributed by atoms with Gasteiger partial charge in [-0.3, -0.25) is 14.5 Å². The van der Waals surface area contributed by atoms with Gasteiger partial charge in [0.15, 0.2) is 0 Å². The largest absolute Gasteiger partial charge is 0.478 e. The van der Waals surface area contributed by atoms with Gasteiger partial charge >= 0.3 is 5.97 Å². The lowest BCUT2D eigenvalue weighted by atomic mass is 9.85. The van der Waals surface area contributed by atoms with Crippen molar-refractivity contribution in [1.82, 2.24) is 4.90 Å². The number of amides is 2. The van der Waals surface area contributed by atoms with Gasteiger partial charge in [0.1, 0.15) is 0 Å². The van der Waals surface area contributed by atoms with Crippen molar-refractivity contribution in [2.45, 2.75) is 19.4 Å². The van der Waals surface area contributed by atoms with Crippen LogP contribution in [0.1, 0.15) is 28.8 Å². The molecule has 1 heterocycles. The van der Waals surface area contributed by atoms with Crippen molar-refractivity contribution in [2.24, 2.45) is 11.8 Å². The van der Waals surface area contributed by atoms with Gasteiger partial charge in [-0.25, -0.2) is 4.79 Å². The van der Waals surface area contributed by atoms with Crippen LogP contribution in [0.25, 0.3) is 0 Å². The molecule has 2 atom stereocenters. The quantitative estimate of drug-likeness (QED) is 0.679. The second kappa shape index (κ2) is 5.16. The van der Waals surface area contributed by atoms with E-state index in [1.807, 2.05) is 12.2 Å². The standard InChI is InChI=1S/C16H15NO4/c18-14-12-6-1-2-7-13(12)15(19)17(14)9-10-4-3-5-11(8-10)16(20)21/h1-5,8,12-13H,6-7,9H2,(H,20,21)/t12-,13+. The Morgan fingerprint density at radius 1 is 1.14 bits per heavy atom. The zero-order valence-corrected chi connectivity index (χ0v) is 11.4. The van der Waals surface area contributed by atoms with Gasteiger partial charge in [-0.1, -0.05) is 24.3 Å². The third-order valence-corrected chi connectivity index (χ3v) is 4.11. The SMILES string of the molecule is O=C(O)c1cccc(CN2C(=O)[C@H]3CC=CC[C@H]3C2=O)c1. The molecule has 0 spiro atoms. The molecular weight excluding hydrogens is 270 g/mol. The Balaban J connectivity index is 1.82. The molecule has 1 aliphatic carbocycles. The molecule has 0 aromatic heterocycles. The number of carboxylic acids is 1. The molecule has 0 saturated carbocycles. The fourth-order valence-corrected chi connectivity index (χ4v) is 3.01. The molecular formula is C16H15NO4. The summed E-state index contributed by atoms with van der Waals surface area (Å²) in [7, 11) is 0. The molecule has 1 aromatic carbocycles. The minimum absolute atomic E-state index is 0.143. The highest BCUT2D eigenvalue weighted by Crippen LogP contribution is 2.35. The Bertz CT molecular complexity index is 623. The third-order valence-electron chi connectivity index (χ3n) is 4.11. The van der Waals surface area contributed by atoms with Gasteiger partial charge < -0.3 is 5.11 Å². The predicted octanol–water partition coefficient (Wildman–Crippen LogP) is 1.84. The average Bonchev–Trinajstić information content (AvgIpc) is 2.73. The summed E-state index contributed by atoms with van der Waals surface area (Å²) in [5.74, 6) is -1.80. The number of carbonyl (C=O) groups is 3. The normalized spacial score (nSPS) is 24.3. The Morgan fingerprint density at radius 2 is 1.76 bits per heavy atom. The van der Waals surface area contributed by atoms with Crippen LogP contribution in [-0.2, 0) is 16.1 Å². The third kappa shape index (κ3) is 2.35. The highest BCUT2D eigenvalue weighted by atomic mass is 16.4. The van der Waals surface area contributed by atoms with Gasteiger partial charge in [-0.15, -0.1) is 0 Å².